The van der Waals surface area contributed by atoms with E-state index < -0.39 is 20.2 Å². The van der Waals surface area contributed by atoms with Crippen molar-refractivity contribution in [1.82, 2.24) is 5.32 Å². The third kappa shape index (κ3) is 4.48. The van der Waals surface area contributed by atoms with Gasteiger partial charge >= 0.3 is 5.51 Å². The highest BCUT2D eigenvalue weighted by molar-refractivity contribution is 7.92. The van der Waals surface area contributed by atoms with Crippen molar-refractivity contribution in [3.63, 3.8) is 0 Å². The normalized spacial score (nSPS) is 11.8. The number of ether oxygens (including phenoxy) is 1. The van der Waals surface area contributed by atoms with Crippen molar-refractivity contribution < 1.29 is 31.1 Å². The number of amides is 1. The van der Waals surface area contributed by atoms with E-state index in [0.717, 1.165) is 30.3 Å². The standard InChI is InChI=1S/C12H12F3NO4S/c1-2-11(17)16-7-8-20-9-3-5-10(6-4-9)21(18,19)12(13,14)15/h2-6H,1,7-8H2,(H,16,17). The Hall–Kier alpha value is -2.03. The SMILES string of the molecule is C=CC(=O)NCCOc1ccc(S(=O)(=O)C(F)(F)F)cc1. The van der Waals surface area contributed by atoms with Gasteiger partial charge in [-0.05, 0) is 30.3 Å². The molecule has 0 bridgehead atoms. The van der Waals surface area contributed by atoms with Gasteiger partial charge in [0.2, 0.25) is 5.91 Å². The van der Waals surface area contributed by atoms with Gasteiger partial charge in [-0.15, -0.1) is 0 Å². The van der Waals surface area contributed by atoms with Gasteiger partial charge in [0.1, 0.15) is 12.4 Å². The van der Waals surface area contributed by atoms with Crippen LogP contribution in [0.15, 0.2) is 41.8 Å². The molecule has 0 heterocycles. The van der Waals surface area contributed by atoms with E-state index in [9.17, 15) is 26.4 Å². The van der Waals surface area contributed by atoms with E-state index in [4.69, 9.17) is 4.74 Å². The number of hydrogen-bond acceptors (Lipinski definition) is 4. The number of carbonyl (C=O) groups is 1. The van der Waals surface area contributed by atoms with Gasteiger partial charge in [-0.25, -0.2) is 8.42 Å². The summed E-state index contributed by atoms with van der Waals surface area (Å²) in [5.74, 6) is -0.200. The van der Waals surface area contributed by atoms with Crippen molar-refractivity contribution in [2.24, 2.45) is 0 Å². The molecule has 0 spiro atoms. The van der Waals surface area contributed by atoms with Crippen LogP contribution in [-0.4, -0.2) is 33.0 Å². The average Bonchev–Trinajstić information content (AvgIpc) is 2.42. The first-order valence-electron chi connectivity index (χ1n) is 5.63. The van der Waals surface area contributed by atoms with Crippen LogP contribution < -0.4 is 10.1 Å². The minimum Gasteiger partial charge on any atom is -0.492 e. The largest absolute Gasteiger partial charge is 0.501 e. The molecule has 0 unspecified atom stereocenters. The number of sulfone groups is 1. The lowest BCUT2D eigenvalue weighted by Crippen LogP contribution is -2.26. The maximum atomic E-state index is 12.3. The van der Waals surface area contributed by atoms with E-state index in [2.05, 4.69) is 11.9 Å². The Labute approximate surface area is 119 Å². The molecule has 1 aromatic carbocycles. The second kappa shape index (κ2) is 6.61. The highest BCUT2D eigenvalue weighted by Gasteiger charge is 2.46. The third-order valence-corrected chi connectivity index (χ3v) is 3.80. The Morgan fingerprint density at radius 2 is 1.86 bits per heavy atom. The molecule has 0 radical (unpaired) electrons. The quantitative estimate of drug-likeness (QED) is 0.638. The Morgan fingerprint density at radius 3 is 2.33 bits per heavy atom. The summed E-state index contributed by atoms with van der Waals surface area (Å²) < 4.78 is 64.3. The Kier molecular flexibility index (Phi) is 5.36. The van der Waals surface area contributed by atoms with Gasteiger partial charge < -0.3 is 10.1 Å². The molecule has 0 atom stereocenters. The summed E-state index contributed by atoms with van der Waals surface area (Å²) in [6.07, 6.45) is 1.08. The molecule has 1 rings (SSSR count). The molecule has 0 aromatic heterocycles. The minimum atomic E-state index is -5.36. The molecule has 0 aliphatic heterocycles. The summed E-state index contributed by atoms with van der Waals surface area (Å²) in [6, 6.07) is 3.82. The second-order valence-electron chi connectivity index (χ2n) is 3.76. The monoisotopic (exact) mass is 323 g/mol. The Morgan fingerprint density at radius 1 is 1.29 bits per heavy atom. The predicted molar refractivity (Wildman–Crippen MR) is 68.4 cm³/mol. The molecule has 0 aliphatic carbocycles. The average molecular weight is 323 g/mol. The molecule has 9 heteroatoms. The molecule has 21 heavy (non-hydrogen) atoms. The van der Waals surface area contributed by atoms with Crippen LogP contribution in [0.5, 0.6) is 5.75 Å². The highest BCUT2D eigenvalue weighted by atomic mass is 32.2. The van der Waals surface area contributed by atoms with Gasteiger partial charge in [0.15, 0.2) is 0 Å². The van der Waals surface area contributed by atoms with Gasteiger partial charge in [-0.2, -0.15) is 13.2 Å². The maximum Gasteiger partial charge on any atom is 0.501 e. The summed E-state index contributed by atoms with van der Waals surface area (Å²) in [6.45, 7) is 3.50. The van der Waals surface area contributed by atoms with Gasteiger partial charge in [-0.3, -0.25) is 4.79 Å². The Bertz CT molecular complexity index is 608. The topological polar surface area (TPSA) is 72.5 Å². The van der Waals surface area contributed by atoms with Crippen LogP contribution in [0, 0.1) is 0 Å². The molecule has 116 valence electrons. The third-order valence-electron chi connectivity index (χ3n) is 2.29. The summed E-state index contributed by atoms with van der Waals surface area (Å²) in [5, 5.41) is 2.43. The molecule has 1 N–H and O–H groups in total. The van der Waals surface area contributed by atoms with Crippen LogP contribution in [0.2, 0.25) is 0 Å². The molecule has 0 aliphatic rings. The zero-order chi connectivity index (χ0) is 16.1. The fourth-order valence-corrected chi connectivity index (χ4v) is 2.03. The summed E-state index contributed by atoms with van der Waals surface area (Å²) >= 11 is 0. The van der Waals surface area contributed by atoms with Gasteiger partial charge in [0, 0.05) is 0 Å². The fraction of sp³-hybridized carbons (Fsp3) is 0.250. The number of alkyl halides is 3. The van der Waals surface area contributed by atoms with E-state index >= 15 is 0 Å². The van der Waals surface area contributed by atoms with Crippen molar-refractivity contribution >= 4 is 15.7 Å². The molecule has 1 amide bonds. The first-order chi connectivity index (χ1) is 9.68. The van der Waals surface area contributed by atoms with Crippen LogP contribution in [0.3, 0.4) is 0 Å². The first kappa shape index (κ1) is 17.0. The summed E-state index contributed by atoms with van der Waals surface area (Å²) in [4.78, 5) is 9.96. The first-order valence-corrected chi connectivity index (χ1v) is 7.11. The van der Waals surface area contributed by atoms with Crippen molar-refractivity contribution in [3.05, 3.63) is 36.9 Å². The summed E-state index contributed by atoms with van der Waals surface area (Å²) in [7, 11) is -5.36. The van der Waals surface area contributed by atoms with E-state index in [0.29, 0.717) is 0 Å². The van der Waals surface area contributed by atoms with Crippen LogP contribution in [0.25, 0.3) is 0 Å². The van der Waals surface area contributed by atoms with Crippen LogP contribution in [-0.2, 0) is 14.6 Å². The zero-order valence-corrected chi connectivity index (χ0v) is 11.5. The van der Waals surface area contributed by atoms with Crippen molar-refractivity contribution in [2.45, 2.75) is 10.4 Å². The number of rotatable bonds is 6. The van der Waals surface area contributed by atoms with Crippen molar-refractivity contribution in [3.8, 4) is 5.75 Å². The fourth-order valence-electron chi connectivity index (χ4n) is 1.26. The highest BCUT2D eigenvalue weighted by Crippen LogP contribution is 2.30. The van der Waals surface area contributed by atoms with Gasteiger partial charge in [0.25, 0.3) is 9.84 Å². The second-order valence-corrected chi connectivity index (χ2v) is 5.71. The predicted octanol–water partition coefficient (Wildman–Crippen LogP) is 1.66. The van der Waals surface area contributed by atoms with Crippen LogP contribution in [0.1, 0.15) is 0 Å². The smallest absolute Gasteiger partial charge is 0.492 e. The lowest BCUT2D eigenvalue weighted by Gasteiger charge is -2.09. The van der Waals surface area contributed by atoms with E-state index in [1.165, 1.54) is 0 Å². The van der Waals surface area contributed by atoms with Gasteiger partial charge in [-0.1, -0.05) is 6.58 Å². The number of benzene rings is 1. The number of halogens is 3. The number of nitrogens with one attached hydrogen (secondary N) is 1. The van der Waals surface area contributed by atoms with E-state index in [1.807, 2.05) is 0 Å². The minimum absolute atomic E-state index is 0.0744. The van der Waals surface area contributed by atoms with Crippen LogP contribution in [0.4, 0.5) is 13.2 Å². The van der Waals surface area contributed by atoms with Crippen LogP contribution >= 0.6 is 0 Å². The van der Waals surface area contributed by atoms with E-state index in [1.54, 1.807) is 0 Å². The molecule has 5 nitrogen and oxygen atoms in total. The van der Waals surface area contributed by atoms with Gasteiger partial charge in [0.05, 0.1) is 11.4 Å². The molecule has 0 fully saturated rings. The van der Waals surface area contributed by atoms with Crippen molar-refractivity contribution in [1.29, 1.82) is 0 Å². The molecule has 0 saturated heterocycles. The molecular formula is C12H12F3NO4S. The zero-order valence-electron chi connectivity index (χ0n) is 10.7. The number of hydrogen-bond donors (Lipinski definition) is 1. The lowest BCUT2D eigenvalue weighted by molar-refractivity contribution is -0.116. The number of carbonyl (C=O) groups excluding carboxylic acids is 1. The van der Waals surface area contributed by atoms with E-state index in [-0.39, 0.29) is 24.8 Å². The lowest BCUT2D eigenvalue weighted by atomic mass is 10.3. The molecule has 0 saturated carbocycles. The van der Waals surface area contributed by atoms with Crippen molar-refractivity contribution in [2.75, 3.05) is 13.2 Å². The summed E-state index contributed by atoms with van der Waals surface area (Å²) in [5.41, 5.74) is -5.34. The maximum absolute atomic E-state index is 12.3. The molecule has 1 aromatic rings. The molecular weight excluding hydrogens is 311 g/mol. The Balaban J connectivity index is 2.63.